The summed E-state index contributed by atoms with van der Waals surface area (Å²) in [5, 5.41) is 3.58. The third kappa shape index (κ3) is 5.63. The third-order valence-electron chi connectivity index (χ3n) is 3.56. The largest absolute Gasteiger partial charge is 0.492 e. The summed E-state index contributed by atoms with van der Waals surface area (Å²) in [6, 6.07) is 16.5. The van der Waals surface area contributed by atoms with Crippen molar-refractivity contribution in [2.45, 2.75) is 0 Å². The SMILES string of the molecule is CS(=O)(=O)CCOc1cccc(NC(=O)c2cnc(-c3ccccc3)s2)c1. The second-order valence-electron chi connectivity index (χ2n) is 5.86. The Morgan fingerprint density at radius 1 is 1.15 bits per heavy atom. The smallest absolute Gasteiger partial charge is 0.267 e. The molecule has 1 heterocycles. The van der Waals surface area contributed by atoms with Gasteiger partial charge in [-0.2, -0.15) is 0 Å². The number of anilines is 1. The van der Waals surface area contributed by atoms with Crippen LogP contribution in [-0.2, 0) is 9.84 Å². The predicted molar refractivity (Wildman–Crippen MR) is 107 cm³/mol. The minimum absolute atomic E-state index is 0.0610. The molecule has 0 radical (unpaired) electrons. The Hall–Kier alpha value is -2.71. The van der Waals surface area contributed by atoms with Crippen molar-refractivity contribution in [3.05, 3.63) is 65.7 Å². The molecule has 0 aliphatic heterocycles. The molecule has 0 aliphatic rings. The topological polar surface area (TPSA) is 85.4 Å². The number of nitrogens with one attached hydrogen (secondary N) is 1. The van der Waals surface area contributed by atoms with Crippen LogP contribution < -0.4 is 10.1 Å². The van der Waals surface area contributed by atoms with Crippen molar-refractivity contribution >= 4 is 32.8 Å². The van der Waals surface area contributed by atoms with E-state index >= 15 is 0 Å². The van der Waals surface area contributed by atoms with E-state index in [2.05, 4.69) is 10.3 Å². The van der Waals surface area contributed by atoms with Crippen molar-refractivity contribution < 1.29 is 17.9 Å². The minimum Gasteiger partial charge on any atom is -0.492 e. The number of benzene rings is 2. The molecule has 1 aromatic heterocycles. The molecule has 3 aromatic rings. The highest BCUT2D eigenvalue weighted by Gasteiger charge is 2.12. The molecule has 0 unspecified atom stereocenters. The fourth-order valence-electron chi connectivity index (χ4n) is 2.26. The molecule has 140 valence electrons. The van der Waals surface area contributed by atoms with E-state index in [0.717, 1.165) is 16.8 Å². The first-order valence-corrected chi connectivity index (χ1v) is 11.0. The van der Waals surface area contributed by atoms with Crippen molar-refractivity contribution in [3.63, 3.8) is 0 Å². The molecule has 0 spiro atoms. The average molecular weight is 402 g/mol. The van der Waals surface area contributed by atoms with Gasteiger partial charge in [-0.1, -0.05) is 36.4 Å². The number of amides is 1. The van der Waals surface area contributed by atoms with E-state index in [0.29, 0.717) is 16.3 Å². The summed E-state index contributed by atoms with van der Waals surface area (Å²) in [7, 11) is -3.08. The first-order valence-electron chi connectivity index (χ1n) is 8.14. The zero-order valence-electron chi connectivity index (χ0n) is 14.6. The molecule has 6 nitrogen and oxygen atoms in total. The van der Waals surface area contributed by atoms with Crippen molar-refractivity contribution in [3.8, 4) is 16.3 Å². The molecule has 27 heavy (non-hydrogen) atoms. The molecule has 0 saturated carbocycles. The lowest BCUT2D eigenvalue weighted by atomic mass is 10.2. The Balaban J connectivity index is 1.64. The lowest BCUT2D eigenvalue weighted by Gasteiger charge is -2.08. The van der Waals surface area contributed by atoms with Gasteiger partial charge in [-0.15, -0.1) is 11.3 Å². The maximum absolute atomic E-state index is 12.5. The number of hydrogen-bond acceptors (Lipinski definition) is 6. The number of sulfone groups is 1. The molecule has 0 fully saturated rings. The number of hydrogen-bond donors (Lipinski definition) is 1. The molecule has 2 aromatic carbocycles. The first kappa shape index (κ1) is 19.1. The highest BCUT2D eigenvalue weighted by molar-refractivity contribution is 7.90. The van der Waals surface area contributed by atoms with Gasteiger partial charge in [0.1, 0.15) is 22.2 Å². The van der Waals surface area contributed by atoms with E-state index in [-0.39, 0.29) is 18.3 Å². The third-order valence-corrected chi connectivity index (χ3v) is 5.52. The Morgan fingerprint density at radius 2 is 1.93 bits per heavy atom. The van der Waals surface area contributed by atoms with Crippen LogP contribution in [-0.4, -0.2) is 37.9 Å². The molecule has 0 aliphatic carbocycles. The van der Waals surface area contributed by atoms with Gasteiger partial charge in [0, 0.05) is 23.6 Å². The highest BCUT2D eigenvalue weighted by atomic mass is 32.2. The van der Waals surface area contributed by atoms with Gasteiger partial charge in [0.05, 0.1) is 11.9 Å². The summed E-state index contributed by atoms with van der Waals surface area (Å²) in [5.41, 5.74) is 1.52. The van der Waals surface area contributed by atoms with Crippen LogP contribution >= 0.6 is 11.3 Å². The standard InChI is InChI=1S/C19H18N2O4S2/c1-27(23,24)11-10-25-16-9-5-8-15(12-16)21-18(22)17-13-20-19(26-17)14-6-3-2-4-7-14/h2-9,12-13H,10-11H2,1H3,(H,21,22). The number of nitrogens with zero attached hydrogens (tertiary/aromatic N) is 1. The number of carbonyl (C=O) groups excluding carboxylic acids is 1. The van der Waals surface area contributed by atoms with Gasteiger partial charge >= 0.3 is 0 Å². The average Bonchev–Trinajstić information content (AvgIpc) is 3.12. The van der Waals surface area contributed by atoms with Gasteiger partial charge in [-0.05, 0) is 12.1 Å². The second-order valence-corrected chi connectivity index (χ2v) is 9.15. The van der Waals surface area contributed by atoms with Crippen LogP contribution in [0.2, 0.25) is 0 Å². The van der Waals surface area contributed by atoms with E-state index in [1.807, 2.05) is 30.3 Å². The van der Waals surface area contributed by atoms with Crippen LogP contribution in [0.4, 0.5) is 5.69 Å². The molecular formula is C19H18N2O4S2. The molecule has 0 atom stereocenters. The number of aromatic nitrogens is 1. The summed E-state index contributed by atoms with van der Waals surface area (Å²) in [4.78, 5) is 17.3. The Morgan fingerprint density at radius 3 is 2.67 bits per heavy atom. The van der Waals surface area contributed by atoms with E-state index in [1.54, 1.807) is 30.5 Å². The molecule has 0 bridgehead atoms. The van der Waals surface area contributed by atoms with Crippen molar-refractivity contribution in [2.75, 3.05) is 23.9 Å². The van der Waals surface area contributed by atoms with Crippen LogP contribution in [0, 0.1) is 0 Å². The zero-order chi connectivity index (χ0) is 19.3. The molecule has 1 N–H and O–H groups in total. The van der Waals surface area contributed by atoms with Gasteiger partial charge in [0.25, 0.3) is 5.91 Å². The number of thiazole rings is 1. The van der Waals surface area contributed by atoms with E-state index in [1.165, 1.54) is 11.3 Å². The van der Waals surface area contributed by atoms with Crippen LogP contribution in [0.5, 0.6) is 5.75 Å². The monoisotopic (exact) mass is 402 g/mol. The minimum atomic E-state index is -3.08. The van der Waals surface area contributed by atoms with Crippen molar-refractivity contribution in [2.24, 2.45) is 0 Å². The van der Waals surface area contributed by atoms with Crippen LogP contribution in [0.15, 0.2) is 60.8 Å². The van der Waals surface area contributed by atoms with E-state index in [9.17, 15) is 13.2 Å². The normalized spacial score (nSPS) is 11.1. The van der Waals surface area contributed by atoms with Crippen LogP contribution in [0.3, 0.4) is 0 Å². The van der Waals surface area contributed by atoms with E-state index < -0.39 is 9.84 Å². The van der Waals surface area contributed by atoms with Crippen LogP contribution in [0.25, 0.3) is 10.6 Å². The molecular weight excluding hydrogens is 384 g/mol. The molecule has 8 heteroatoms. The fraction of sp³-hybridized carbons (Fsp3) is 0.158. The van der Waals surface area contributed by atoms with Crippen molar-refractivity contribution in [1.29, 1.82) is 0 Å². The lowest BCUT2D eigenvalue weighted by Crippen LogP contribution is -2.12. The summed E-state index contributed by atoms with van der Waals surface area (Å²) >= 11 is 1.31. The molecule has 1 amide bonds. The van der Waals surface area contributed by atoms with Gasteiger partial charge in [-0.25, -0.2) is 13.4 Å². The zero-order valence-corrected chi connectivity index (χ0v) is 16.2. The van der Waals surface area contributed by atoms with Gasteiger partial charge in [-0.3, -0.25) is 4.79 Å². The Kier molecular flexibility index (Phi) is 5.88. The second kappa shape index (κ2) is 8.32. The number of rotatable bonds is 7. The van der Waals surface area contributed by atoms with Crippen molar-refractivity contribution in [1.82, 2.24) is 4.98 Å². The molecule has 3 rings (SSSR count). The predicted octanol–water partition coefficient (Wildman–Crippen LogP) is 3.49. The van der Waals surface area contributed by atoms with Gasteiger partial charge < -0.3 is 10.1 Å². The number of carbonyl (C=O) groups is 1. The number of ether oxygens (including phenoxy) is 1. The van der Waals surface area contributed by atoms with Gasteiger partial charge in [0.15, 0.2) is 9.84 Å². The fourth-order valence-corrected chi connectivity index (χ4v) is 3.46. The summed E-state index contributed by atoms with van der Waals surface area (Å²) in [6.07, 6.45) is 2.71. The summed E-state index contributed by atoms with van der Waals surface area (Å²) < 4.78 is 27.7. The first-order chi connectivity index (χ1) is 12.9. The lowest BCUT2D eigenvalue weighted by molar-refractivity contribution is 0.103. The maximum atomic E-state index is 12.5. The quantitative estimate of drug-likeness (QED) is 0.654. The Labute approximate surface area is 161 Å². The summed E-state index contributed by atoms with van der Waals surface area (Å²) in [5.74, 6) is 0.167. The van der Waals surface area contributed by atoms with E-state index in [4.69, 9.17) is 4.74 Å². The Bertz CT molecular complexity index is 1030. The molecule has 0 saturated heterocycles. The van der Waals surface area contributed by atoms with Gasteiger partial charge in [0.2, 0.25) is 0 Å². The summed E-state index contributed by atoms with van der Waals surface area (Å²) in [6.45, 7) is 0.0610. The maximum Gasteiger partial charge on any atom is 0.267 e. The highest BCUT2D eigenvalue weighted by Crippen LogP contribution is 2.26. The van der Waals surface area contributed by atoms with Crippen LogP contribution in [0.1, 0.15) is 9.67 Å².